The van der Waals surface area contributed by atoms with E-state index in [-0.39, 0.29) is 0 Å². The van der Waals surface area contributed by atoms with E-state index in [1.807, 2.05) is 0 Å². The average molecular weight is 239 g/mol. The van der Waals surface area contributed by atoms with Crippen LogP contribution in [0.4, 0.5) is 0 Å². The molecule has 0 fully saturated rings. The van der Waals surface area contributed by atoms with Gasteiger partial charge in [-0.25, -0.2) is 0 Å². The summed E-state index contributed by atoms with van der Waals surface area (Å²) in [5.41, 5.74) is 0. The Morgan fingerprint density at radius 3 is 1.82 bits per heavy atom. The molecule has 17 heavy (non-hydrogen) atoms. The minimum absolute atomic E-state index is 0.967. The molecule has 1 atom stereocenters. The smallest absolute Gasteiger partial charge is 0.0417 e. The van der Waals surface area contributed by atoms with Gasteiger partial charge in [-0.15, -0.1) is 0 Å². The molecule has 0 aliphatic heterocycles. The maximum absolute atomic E-state index is 2.44. The van der Waals surface area contributed by atoms with Crippen molar-refractivity contribution in [3.05, 3.63) is 6.42 Å². The minimum atomic E-state index is 0.967. The molecule has 0 spiro atoms. The van der Waals surface area contributed by atoms with E-state index in [0.29, 0.717) is 0 Å². The standard InChI is InChI=1S/C17H35/c1-4-6-8-10-12-14-16-17(3)15-13-11-9-7-5-2/h4,17H,5-16H2,1-3H3. The van der Waals surface area contributed by atoms with Crippen LogP contribution >= 0.6 is 0 Å². The summed E-state index contributed by atoms with van der Waals surface area (Å²) in [6.45, 7) is 6.90. The SMILES string of the molecule is C[CH]CCCCCCC(C)CCCCCCC. The Hall–Kier alpha value is 0. The molecule has 0 bridgehead atoms. The first-order chi connectivity index (χ1) is 8.31. The first kappa shape index (κ1) is 17.0. The molecule has 0 aromatic rings. The van der Waals surface area contributed by atoms with Crippen molar-refractivity contribution in [2.75, 3.05) is 0 Å². The third-order valence-electron chi connectivity index (χ3n) is 3.74. The van der Waals surface area contributed by atoms with Crippen LogP contribution in [0.15, 0.2) is 0 Å². The molecule has 1 radical (unpaired) electrons. The molecule has 0 amide bonds. The van der Waals surface area contributed by atoms with Gasteiger partial charge in [-0.05, 0) is 12.3 Å². The molecule has 0 heteroatoms. The lowest BCUT2D eigenvalue weighted by atomic mass is 9.96. The molecule has 1 unspecified atom stereocenters. The molecular weight excluding hydrogens is 204 g/mol. The molecule has 0 N–H and O–H groups in total. The average Bonchev–Trinajstić information content (AvgIpc) is 2.33. The van der Waals surface area contributed by atoms with Gasteiger partial charge in [0.15, 0.2) is 0 Å². The summed E-state index contributed by atoms with van der Waals surface area (Å²) in [6, 6.07) is 0. The Bertz CT molecular complexity index is 128. The zero-order chi connectivity index (χ0) is 12.8. The van der Waals surface area contributed by atoms with Crippen LogP contribution in [0.2, 0.25) is 0 Å². The number of hydrogen-bond donors (Lipinski definition) is 0. The minimum Gasteiger partial charge on any atom is -0.0654 e. The fraction of sp³-hybridized carbons (Fsp3) is 0.941. The zero-order valence-corrected chi connectivity index (χ0v) is 12.6. The molecule has 0 aliphatic rings. The second-order valence-electron chi connectivity index (χ2n) is 5.71. The maximum atomic E-state index is 2.44. The van der Waals surface area contributed by atoms with Gasteiger partial charge in [0, 0.05) is 0 Å². The summed E-state index contributed by atoms with van der Waals surface area (Å²) in [5.74, 6) is 0.967. The van der Waals surface area contributed by atoms with Crippen molar-refractivity contribution in [2.45, 2.75) is 97.8 Å². The first-order valence-electron chi connectivity index (χ1n) is 8.09. The van der Waals surface area contributed by atoms with Crippen molar-refractivity contribution in [3.63, 3.8) is 0 Å². The highest BCUT2D eigenvalue weighted by Crippen LogP contribution is 2.18. The molecule has 0 nitrogen and oxygen atoms in total. The maximum Gasteiger partial charge on any atom is -0.0417 e. The number of hydrogen-bond acceptors (Lipinski definition) is 0. The topological polar surface area (TPSA) is 0 Å². The van der Waals surface area contributed by atoms with Crippen LogP contribution in [0, 0.1) is 12.3 Å². The largest absolute Gasteiger partial charge is 0.0654 e. The third-order valence-corrected chi connectivity index (χ3v) is 3.74. The van der Waals surface area contributed by atoms with E-state index in [2.05, 4.69) is 27.2 Å². The Labute approximate surface area is 111 Å². The molecule has 0 rings (SSSR count). The van der Waals surface area contributed by atoms with Crippen LogP contribution in [0.3, 0.4) is 0 Å². The van der Waals surface area contributed by atoms with Gasteiger partial charge in [-0.3, -0.25) is 0 Å². The Kier molecular flexibility index (Phi) is 14.1. The van der Waals surface area contributed by atoms with Gasteiger partial charge < -0.3 is 0 Å². The fourth-order valence-corrected chi connectivity index (χ4v) is 2.44. The molecule has 0 saturated carbocycles. The quantitative estimate of drug-likeness (QED) is 0.320. The second kappa shape index (κ2) is 14.1. The third kappa shape index (κ3) is 13.9. The summed E-state index contributed by atoms with van der Waals surface area (Å²) >= 11 is 0. The van der Waals surface area contributed by atoms with Crippen LogP contribution in [0.25, 0.3) is 0 Å². The van der Waals surface area contributed by atoms with Gasteiger partial charge in [0.25, 0.3) is 0 Å². The Balaban J connectivity index is 3.09. The van der Waals surface area contributed by atoms with Gasteiger partial charge in [0.2, 0.25) is 0 Å². The predicted molar refractivity (Wildman–Crippen MR) is 80.2 cm³/mol. The van der Waals surface area contributed by atoms with Gasteiger partial charge in [0.05, 0.1) is 0 Å². The van der Waals surface area contributed by atoms with Gasteiger partial charge in [0.1, 0.15) is 0 Å². The van der Waals surface area contributed by atoms with E-state index in [1.165, 1.54) is 77.0 Å². The molecule has 0 aromatic heterocycles. The number of rotatable bonds is 13. The van der Waals surface area contributed by atoms with E-state index in [0.717, 1.165) is 5.92 Å². The Morgan fingerprint density at radius 1 is 0.765 bits per heavy atom. The summed E-state index contributed by atoms with van der Waals surface area (Å²) in [4.78, 5) is 0. The van der Waals surface area contributed by atoms with E-state index in [9.17, 15) is 0 Å². The molecule has 0 aliphatic carbocycles. The lowest BCUT2D eigenvalue weighted by molar-refractivity contribution is 0.433. The van der Waals surface area contributed by atoms with E-state index in [4.69, 9.17) is 0 Å². The van der Waals surface area contributed by atoms with Crippen LogP contribution in [-0.4, -0.2) is 0 Å². The second-order valence-corrected chi connectivity index (χ2v) is 5.71. The lowest BCUT2D eigenvalue weighted by Crippen LogP contribution is -1.95. The van der Waals surface area contributed by atoms with E-state index < -0.39 is 0 Å². The summed E-state index contributed by atoms with van der Waals surface area (Å²) in [6.07, 6.45) is 19.5. The van der Waals surface area contributed by atoms with Gasteiger partial charge in [-0.2, -0.15) is 0 Å². The molecule has 0 aromatic carbocycles. The van der Waals surface area contributed by atoms with E-state index in [1.54, 1.807) is 0 Å². The van der Waals surface area contributed by atoms with Crippen LogP contribution < -0.4 is 0 Å². The molecule has 0 heterocycles. The zero-order valence-electron chi connectivity index (χ0n) is 12.6. The van der Waals surface area contributed by atoms with Crippen molar-refractivity contribution in [3.8, 4) is 0 Å². The van der Waals surface area contributed by atoms with Crippen LogP contribution in [0.1, 0.15) is 97.8 Å². The molecule has 0 saturated heterocycles. The van der Waals surface area contributed by atoms with Crippen LogP contribution in [-0.2, 0) is 0 Å². The van der Waals surface area contributed by atoms with E-state index >= 15 is 0 Å². The highest BCUT2D eigenvalue weighted by Gasteiger charge is 2.01. The van der Waals surface area contributed by atoms with Crippen molar-refractivity contribution in [1.29, 1.82) is 0 Å². The predicted octanol–water partition coefficient (Wildman–Crippen LogP) is 6.55. The Morgan fingerprint density at radius 2 is 1.29 bits per heavy atom. The monoisotopic (exact) mass is 239 g/mol. The highest BCUT2D eigenvalue weighted by molar-refractivity contribution is 4.58. The first-order valence-corrected chi connectivity index (χ1v) is 8.09. The molecule has 103 valence electrons. The summed E-state index contributed by atoms with van der Waals surface area (Å²) in [5, 5.41) is 0. The summed E-state index contributed by atoms with van der Waals surface area (Å²) < 4.78 is 0. The normalized spacial score (nSPS) is 12.9. The lowest BCUT2D eigenvalue weighted by Gasteiger charge is -2.10. The fourth-order valence-electron chi connectivity index (χ4n) is 2.44. The molecular formula is C17H35. The van der Waals surface area contributed by atoms with Gasteiger partial charge >= 0.3 is 0 Å². The summed E-state index contributed by atoms with van der Waals surface area (Å²) in [7, 11) is 0. The van der Waals surface area contributed by atoms with Gasteiger partial charge in [-0.1, -0.05) is 97.8 Å². The van der Waals surface area contributed by atoms with Crippen LogP contribution in [0.5, 0.6) is 0 Å². The van der Waals surface area contributed by atoms with Crippen molar-refractivity contribution >= 4 is 0 Å². The number of unbranched alkanes of at least 4 members (excludes halogenated alkanes) is 9. The van der Waals surface area contributed by atoms with Crippen molar-refractivity contribution in [2.24, 2.45) is 5.92 Å². The van der Waals surface area contributed by atoms with Crippen molar-refractivity contribution < 1.29 is 0 Å². The van der Waals surface area contributed by atoms with Crippen molar-refractivity contribution in [1.82, 2.24) is 0 Å². The highest BCUT2D eigenvalue weighted by atomic mass is 14.1.